The van der Waals surface area contributed by atoms with Gasteiger partial charge in [0.1, 0.15) is 11.9 Å². The molecule has 1 aromatic heterocycles. The van der Waals surface area contributed by atoms with E-state index in [1.807, 2.05) is 0 Å². The first kappa shape index (κ1) is 10.1. The maximum Gasteiger partial charge on any atom is 0.173 e. The molecule has 0 spiro atoms. The van der Waals surface area contributed by atoms with Gasteiger partial charge in [0.05, 0.1) is 11.4 Å². The quantitative estimate of drug-likeness (QED) is 0.332. The number of aliphatic hydroxyl groups is 1. The Balaban J connectivity index is 2.93. The summed E-state index contributed by atoms with van der Waals surface area (Å²) in [6.07, 6.45) is 1.01. The van der Waals surface area contributed by atoms with Crippen molar-refractivity contribution in [2.45, 2.75) is 13.8 Å². The van der Waals surface area contributed by atoms with Crippen molar-refractivity contribution >= 4 is 12.0 Å². The van der Waals surface area contributed by atoms with Crippen molar-refractivity contribution in [1.82, 2.24) is 10.2 Å². The molecule has 74 valence electrons. The number of aryl methyl sites for hydroxylation is 2. The molecule has 0 aliphatic heterocycles. The van der Waals surface area contributed by atoms with Gasteiger partial charge in [-0.25, -0.2) is 0 Å². The van der Waals surface area contributed by atoms with Crippen LogP contribution < -0.4 is 0 Å². The van der Waals surface area contributed by atoms with Crippen LogP contribution in [0.15, 0.2) is 22.2 Å². The van der Waals surface area contributed by atoms with Gasteiger partial charge >= 0.3 is 0 Å². The number of rotatable bonds is 3. The van der Waals surface area contributed by atoms with Gasteiger partial charge in [0, 0.05) is 0 Å². The topological polar surface area (TPSA) is 90.7 Å². The number of H-pyrrole nitrogens is 1. The lowest BCUT2D eigenvalue weighted by Gasteiger charge is -1.89. The van der Waals surface area contributed by atoms with Crippen molar-refractivity contribution in [1.29, 1.82) is 0 Å². The monoisotopic (exact) mass is 194 g/mol. The molecule has 0 saturated carbocycles. The fourth-order valence-corrected chi connectivity index (χ4v) is 0.880. The average molecular weight is 194 g/mol. The smallest absolute Gasteiger partial charge is 0.173 e. The molecule has 0 bridgehead atoms. The van der Waals surface area contributed by atoms with Gasteiger partial charge in [-0.05, 0) is 13.8 Å². The number of aldehydes is 1. The molecule has 0 fully saturated rings. The first-order valence-electron chi connectivity index (χ1n) is 3.92. The second-order valence-corrected chi connectivity index (χ2v) is 2.65. The Hall–Kier alpha value is -1.98. The minimum Gasteiger partial charge on any atom is -0.513 e. The molecular formula is C8H10N4O2. The van der Waals surface area contributed by atoms with Gasteiger partial charge < -0.3 is 5.11 Å². The van der Waals surface area contributed by atoms with E-state index in [4.69, 9.17) is 5.11 Å². The lowest BCUT2D eigenvalue weighted by atomic mass is 10.3. The molecule has 2 N–H and O–H groups in total. The summed E-state index contributed by atoms with van der Waals surface area (Å²) in [4.78, 5) is 10.3. The third-order valence-electron chi connectivity index (χ3n) is 1.61. The van der Waals surface area contributed by atoms with Crippen LogP contribution in [-0.4, -0.2) is 21.6 Å². The van der Waals surface area contributed by atoms with Crippen LogP contribution in [-0.2, 0) is 4.79 Å². The van der Waals surface area contributed by atoms with Crippen LogP contribution >= 0.6 is 0 Å². The van der Waals surface area contributed by atoms with Gasteiger partial charge in [-0.3, -0.25) is 9.89 Å². The number of hydrogen-bond acceptors (Lipinski definition) is 5. The van der Waals surface area contributed by atoms with E-state index in [1.165, 1.54) is 0 Å². The number of carbonyl (C=O) groups is 1. The molecule has 0 atom stereocenters. The first-order chi connectivity index (χ1) is 6.69. The molecular weight excluding hydrogens is 184 g/mol. The van der Waals surface area contributed by atoms with Crippen molar-refractivity contribution in [2.75, 3.05) is 0 Å². The fraction of sp³-hybridized carbons (Fsp3) is 0.250. The van der Waals surface area contributed by atoms with Crippen molar-refractivity contribution < 1.29 is 9.90 Å². The summed E-state index contributed by atoms with van der Waals surface area (Å²) >= 11 is 0. The summed E-state index contributed by atoms with van der Waals surface area (Å²) in [6, 6.07) is 0. The highest BCUT2D eigenvalue weighted by Gasteiger charge is 2.04. The number of allylic oxidation sites excluding steroid dienone is 1. The van der Waals surface area contributed by atoms with Crippen LogP contribution in [0.2, 0.25) is 0 Å². The number of aromatic nitrogens is 2. The lowest BCUT2D eigenvalue weighted by molar-refractivity contribution is -0.105. The molecule has 0 radical (unpaired) electrons. The number of nitrogens with one attached hydrogen (secondary N) is 1. The van der Waals surface area contributed by atoms with E-state index in [0.717, 1.165) is 5.69 Å². The summed E-state index contributed by atoms with van der Waals surface area (Å²) in [7, 11) is 0. The molecule has 1 rings (SSSR count). The SMILES string of the molecule is Cc1n[nH]c(C)c1N=N/C(C=O)=C\O. The molecule has 6 nitrogen and oxygen atoms in total. The van der Waals surface area contributed by atoms with Crippen LogP contribution in [0.3, 0.4) is 0 Å². The van der Waals surface area contributed by atoms with E-state index >= 15 is 0 Å². The van der Waals surface area contributed by atoms with Gasteiger partial charge in [0.25, 0.3) is 0 Å². The Morgan fingerprint density at radius 2 is 2.29 bits per heavy atom. The minimum absolute atomic E-state index is 0.134. The lowest BCUT2D eigenvalue weighted by Crippen LogP contribution is -1.78. The molecule has 6 heteroatoms. The van der Waals surface area contributed by atoms with E-state index in [0.29, 0.717) is 23.9 Å². The van der Waals surface area contributed by atoms with E-state index in [1.54, 1.807) is 13.8 Å². The van der Waals surface area contributed by atoms with Gasteiger partial charge in [0.2, 0.25) is 0 Å². The summed E-state index contributed by atoms with van der Waals surface area (Å²) in [6.45, 7) is 3.55. The largest absolute Gasteiger partial charge is 0.513 e. The molecule has 0 unspecified atom stereocenters. The Morgan fingerprint density at radius 1 is 1.57 bits per heavy atom. The molecule has 0 aliphatic rings. The van der Waals surface area contributed by atoms with Gasteiger partial charge in [-0.2, -0.15) is 5.10 Å². The number of aromatic amines is 1. The van der Waals surface area contributed by atoms with Crippen LogP contribution in [0.4, 0.5) is 5.69 Å². The third-order valence-corrected chi connectivity index (χ3v) is 1.61. The Morgan fingerprint density at radius 3 is 2.71 bits per heavy atom. The zero-order valence-corrected chi connectivity index (χ0v) is 7.85. The second kappa shape index (κ2) is 4.31. The number of hydrogen-bond donors (Lipinski definition) is 2. The first-order valence-corrected chi connectivity index (χ1v) is 3.92. The maximum atomic E-state index is 10.3. The van der Waals surface area contributed by atoms with E-state index in [-0.39, 0.29) is 5.70 Å². The van der Waals surface area contributed by atoms with Crippen molar-refractivity contribution in [3.63, 3.8) is 0 Å². The molecule has 0 amide bonds. The molecule has 1 aromatic rings. The Bertz CT molecular complexity index is 373. The Labute approximate surface area is 80.4 Å². The zero-order chi connectivity index (χ0) is 10.6. The minimum atomic E-state index is -0.134. The molecule has 0 aromatic carbocycles. The second-order valence-electron chi connectivity index (χ2n) is 2.65. The van der Waals surface area contributed by atoms with Crippen LogP contribution in [0, 0.1) is 13.8 Å². The predicted molar refractivity (Wildman–Crippen MR) is 49.4 cm³/mol. The highest BCUT2D eigenvalue weighted by Crippen LogP contribution is 2.20. The fourth-order valence-electron chi connectivity index (χ4n) is 0.880. The van der Waals surface area contributed by atoms with Gasteiger partial charge in [0.15, 0.2) is 12.0 Å². The average Bonchev–Trinajstić information content (AvgIpc) is 2.50. The molecule has 14 heavy (non-hydrogen) atoms. The third kappa shape index (κ3) is 2.03. The zero-order valence-electron chi connectivity index (χ0n) is 7.85. The number of carbonyl (C=O) groups excluding carboxylic acids is 1. The summed E-state index contributed by atoms with van der Waals surface area (Å²) in [5, 5.41) is 22.5. The van der Waals surface area contributed by atoms with E-state index in [2.05, 4.69) is 20.4 Å². The van der Waals surface area contributed by atoms with Gasteiger partial charge in [-0.1, -0.05) is 0 Å². The maximum absolute atomic E-state index is 10.3. The molecule has 1 heterocycles. The van der Waals surface area contributed by atoms with E-state index < -0.39 is 0 Å². The summed E-state index contributed by atoms with van der Waals surface area (Å²) in [5.41, 5.74) is 1.89. The standard InChI is InChI=1S/C8H10N4O2/c1-5-8(6(2)10-9-5)12-11-7(3-13)4-14/h3-4,13H,1-2H3,(H,9,10)/b7-3-,12-11?. The van der Waals surface area contributed by atoms with Gasteiger partial charge in [-0.15, -0.1) is 10.2 Å². The van der Waals surface area contributed by atoms with Crippen LogP contribution in [0.1, 0.15) is 11.4 Å². The molecule has 0 saturated heterocycles. The summed E-state index contributed by atoms with van der Waals surface area (Å²) in [5.74, 6) is 0. The summed E-state index contributed by atoms with van der Waals surface area (Å²) < 4.78 is 0. The van der Waals surface area contributed by atoms with Crippen LogP contribution in [0.5, 0.6) is 0 Å². The highest BCUT2D eigenvalue weighted by molar-refractivity contribution is 5.71. The number of azo groups is 1. The normalized spacial score (nSPS) is 12.3. The Kier molecular flexibility index (Phi) is 3.11. The highest BCUT2D eigenvalue weighted by atomic mass is 16.2. The van der Waals surface area contributed by atoms with Crippen LogP contribution in [0.25, 0.3) is 0 Å². The van der Waals surface area contributed by atoms with Crippen molar-refractivity contribution in [2.24, 2.45) is 10.2 Å². The van der Waals surface area contributed by atoms with Crippen molar-refractivity contribution in [3.8, 4) is 0 Å². The number of nitrogens with zero attached hydrogens (tertiary/aromatic N) is 3. The van der Waals surface area contributed by atoms with E-state index in [9.17, 15) is 4.79 Å². The predicted octanol–water partition coefficient (Wildman–Crippen LogP) is 1.71. The number of aliphatic hydroxyl groups excluding tert-OH is 1. The molecule has 0 aliphatic carbocycles. The van der Waals surface area contributed by atoms with Crippen molar-refractivity contribution in [3.05, 3.63) is 23.3 Å².